The topological polar surface area (TPSA) is 34.1 Å². The van der Waals surface area contributed by atoms with Crippen LogP contribution in [0.4, 0.5) is 5.69 Å². The number of ether oxygens (including phenoxy) is 1. The second-order valence-electron chi connectivity index (χ2n) is 4.11. The minimum absolute atomic E-state index is 0.436. The highest BCUT2D eigenvalue weighted by Crippen LogP contribution is 2.23. The van der Waals surface area contributed by atoms with Crippen molar-refractivity contribution in [2.45, 2.75) is 12.5 Å². The fourth-order valence-corrected chi connectivity index (χ4v) is 2.11. The molecule has 1 N–H and O–H groups in total. The van der Waals surface area contributed by atoms with Gasteiger partial charge in [-0.15, -0.1) is 0 Å². The van der Waals surface area contributed by atoms with E-state index in [-0.39, 0.29) is 0 Å². The predicted molar refractivity (Wildman–Crippen MR) is 64.6 cm³/mol. The number of aromatic nitrogens is 1. The molecule has 0 amide bonds. The van der Waals surface area contributed by atoms with E-state index in [1.165, 1.54) is 10.8 Å². The van der Waals surface area contributed by atoms with Crippen molar-refractivity contribution < 1.29 is 4.74 Å². The van der Waals surface area contributed by atoms with Crippen LogP contribution in [0.3, 0.4) is 0 Å². The first kappa shape index (κ1) is 9.60. The molecule has 16 heavy (non-hydrogen) atoms. The number of hydrogen-bond donors (Lipinski definition) is 1. The number of pyridine rings is 1. The second-order valence-corrected chi connectivity index (χ2v) is 4.11. The second kappa shape index (κ2) is 4.10. The summed E-state index contributed by atoms with van der Waals surface area (Å²) in [6.07, 6.45) is 4.81. The molecule has 1 unspecified atom stereocenters. The SMILES string of the molecule is c1cc(NC2CCOC2)c2cnccc2c1. The Labute approximate surface area is 94.5 Å². The van der Waals surface area contributed by atoms with E-state index in [2.05, 4.69) is 28.5 Å². The monoisotopic (exact) mass is 214 g/mol. The van der Waals surface area contributed by atoms with Crippen molar-refractivity contribution in [3.63, 3.8) is 0 Å². The van der Waals surface area contributed by atoms with Crippen LogP contribution >= 0.6 is 0 Å². The maximum atomic E-state index is 5.36. The van der Waals surface area contributed by atoms with Gasteiger partial charge in [0.25, 0.3) is 0 Å². The lowest BCUT2D eigenvalue weighted by molar-refractivity contribution is 0.195. The molecular weight excluding hydrogens is 200 g/mol. The van der Waals surface area contributed by atoms with E-state index < -0.39 is 0 Å². The molecule has 3 nitrogen and oxygen atoms in total. The zero-order chi connectivity index (χ0) is 10.8. The summed E-state index contributed by atoms with van der Waals surface area (Å²) < 4.78 is 5.36. The number of benzene rings is 1. The Hall–Kier alpha value is -1.61. The average Bonchev–Trinajstić information content (AvgIpc) is 2.82. The third-order valence-corrected chi connectivity index (χ3v) is 2.97. The zero-order valence-electron chi connectivity index (χ0n) is 9.02. The van der Waals surface area contributed by atoms with Gasteiger partial charge in [0.2, 0.25) is 0 Å². The normalized spacial score (nSPS) is 20.1. The highest BCUT2D eigenvalue weighted by Gasteiger charge is 2.15. The molecule has 3 heteroatoms. The minimum Gasteiger partial charge on any atom is -0.379 e. The Morgan fingerprint density at radius 1 is 1.31 bits per heavy atom. The van der Waals surface area contributed by atoms with Gasteiger partial charge >= 0.3 is 0 Å². The van der Waals surface area contributed by atoms with Crippen LogP contribution in [0, 0.1) is 0 Å². The number of nitrogens with zero attached hydrogens (tertiary/aromatic N) is 1. The number of rotatable bonds is 2. The van der Waals surface area contributed by atoms with Crippen molar-refractivity contribution in [1.82, 2.24) is 4.98 Å². The molecule has 2 heterocycles. The van der Waals surface area contributed by atoms with E-state index in [9.17, 15) is 0 Å². The molecule has 1 aliphatic heterocycles. The largest absolute Gasteiger partial charge is 0.379 e. The lowest BCUT2D eigenvalue weighted by atomic mass is 10.1. The Balaban J connectivity index is 1.96. The van der Waals surface area contributed by atoms with Crippen molar-refractivity contribution in [3.05, 3.63) is 36.7 Å². The van der Waals surface area contributed by atoms with Crippen LogP contribution in [0.25, 0.3) is 10.8 Å². The van der Waals surface area contributed by atoms with Crippen LogP contribution < -0.4 is 5.32 Å². The minimum atomic E-state index is 0.436. The standard InChI is InChI=1S/C13H14N2O/c1-2-10-4-6-14-8-12(10)13(3-1)15-11-5-7-16-9-11/h1-4,6,8,11,15H,5,7,9H2. The quantitative estimate of drug-likeness (QED) is 0.833. The van der Waals surface area contributed by atoms with Gasteiger partial charge in [-0.2, -0.15) is 0 Å². The van der Waals surface area contributed by atoms with Crippen LogP contribution in [0.15, 0.2) is 36.7 Å². The van der Waals surface area contributed by atoms with E-state index in [0.717, 1.165) is 25.3 Å². The average molecular weight is 214 g/mol. The van der Waals surface area contributed by atoms with Crippen molar-refractivity contribution in [1.29, 1.82) is 0 Å². The molecule has 1 fully saturated rings. The zero-order valence-corrected chi connectivity index (χ0v) is 9.02. The highest BCUT2D eigenvalue weighted by atomic mass is 16.5. The van der Waals surface area contributed by atoms with Gasteiger partial charge in [-0.3, -0.25) is 4.98 Å². The molecule has 1 aromatic heterocycles. The number of anilines is 1. The van der Waals surface area contributed by atoms with Crippen LogP contribution in [-0.2, 0) is 4.74 Å². The Morgan fingerprint density at radius 2 is 2.31 bits per heavy atom. The van der Waals surface area contributed by atoms with Gasteiger partial charge in [-0.1, -0.05) is 12.1 Å². The third-order valence-electron chi connectivity index (χ3n) is 2.97. The van der Waals surface area contributed by atoms with E-state index in [0.29, 0.717) is 6.04 Å². The summed E-state index contributed by atoms with van der Waals surface area (Å²) >= 11 is 0. The number of nitrogens with one attached hydrogen (secondary N) is 1. The molecular formula is C13H14N2O. The van der Waals surface area contributed by atoms with Gasteiger partial charge in [-0.05, 0) is 23.9 Å². The first-order chi connectivity index (χ1) is 7.93. The van der Waals surface area contributed by atoms with E-state index >= 15 is 0 Å². The van der Waals surface area contributed by atoms with E-state index in [4.69, 9.17) is 4.74 Å². The molecule has 3 rings (SSSR count). The van der Waals surface area contributed by atoms with Crippen LogP contribution in [-0.4, -0.2) is 24.2 Å². The maximum absolute atomic E-state index is 5.36. The number of hydrogen-bond acceptors (Lipinski definition) is 3. The summed E-state index contributed by atoms with van der Waals surface area (Å²) in [5, 5.41) is 5.92. The summed E-state index contributed by atoms with van der Waals surface area (Å²) in [6, 6.07) is 8.74. The van der Waals surface area contributed by atoms with Crippen LogP contribution in [0.2, 0.25) is 0 Å². The third kappa shape index (κ3) is 1.74. The van der Waals surface area contributed by atoms with Gasteiger partial charge in [-0.25, -0.2) is 0 Å². The predicted octanol–water partition coefficient (Wildman–Crippen LogP) is 2.44. The molecule has 0 bridgehead atoms. The molecule has 0 spiro atoms. The first-order valence-electron chi connectivity index (χ1n) is 5.60. The van der Waals surface area contributed by atoms with Gasteiger partial charge in [0.05, 0.1) is 12.6 Å². The van der Waals surface area contributed by atoms with Gasteiger partial charge in [0.1, 0.15) is 0 Å². The molecule has 1 aliphatic rings. The fourth-order valence-electron chi connectivity index (χ4n) is 2.11. The lowest BCUT2D eigenvalue weighted by Gasteiger charge is -2.14. The summed E-state index contributed by atoms with van der Waals surface area (Å²) in [7, 11) is 0. The molecule has 0 saturated carbocycles. The highest BCUT2D eigenvalue weighted by molar-refractivity contribution is 5.93. The Kier molecular flexibility index (Phi) is 2.46. The van der Waals surface area contributed by atoms with Crippen molar-refractivity contribution in [2.24, 2.45) is 0 Å². The molecule has 0 radical (unpaired) electrons. The Bertz CT molecular complexity index is 487. The fraction of sp³-hybridized carbons (Fsp3) is 0.308. The Morgan fingerprint density at radius 3 is 3.19 bits per heavy atom. The van der Waals surface area contributed by atoms with Gasteiger partial charge < -0.3 is 10.1 Å². The first-order valence-corrected chi connectivity index (χ1v) is 5.60. The van der Waals surface area contributed by atoms with Crippen molar-refractivity contribution >= 4 is 16.5 Å². The molecule has 1 aromatic carbocycles. The van der Waals surface area contributed by atoms with Gasteiger partial charge in [0.15, 0.2) is 0 Å². The van der Waals surface area contributed by atoms with E-state index in [1.807, 2.05) is 18.5 Å². The smallest absolute Gasteiger partial charge is 0.0668 e. The van der Waals surface area contributed by atoms with E-state index in [1.54, 1.807) is 0 Å². The van der Waals surface area contributed by atoms with Crippen molar-refractivity contribution in [3.8, 4) is 0 Å². The van der Waals surface area contributed by atoms with Crippen molar-refractivity contribution in [2.75, 3.05) is 18.5 Å². The molecule has 2 aromatic rings. The summed E-state index contributed by atoms with van der Waals surface area (Å²) in [5.74, 6) is 0. The molecule has 82 valence electrons. The summed E-state index contributed by atoms with van der Waals surface area (Å²) in [4.78, 5) is 4.18. The molecule has 0 aliphatic carbocycles. The van der Waals surface area contributed by atoms with Crippen LogP contribution in [0.5, 0.6) is 0 Å². The molecule has 1 atom stereocenters. The van der Waals surface area contributed by atoms with Crippen LogP contribution in [0.1, 0.15) is 6.42 Å². The summed E-state index contributed by atoms with van der Waals surface area (Å²) in [6.45, 7) is 1.66. The number of fused-ring (bicyclic) bond motifs is 1. The lowest BCUT2D eigenvalue weighted by Crippen LogP contribution is -2.18. The van der Waals surface area contributed by atoms with Gasteiger partial charge in [0, 0.05) is 30.1 Å². The summed E-state index contributed by atoms with van der Waals surface area (Å²) in [5.41, 5.74) is 1.15. The maximum Gasteiger partial charge on any atom is 0.0668 e. The molecule has 1 saturated heterocycles.